The van der Waals surface area contributed by atoms with Crippen LogP contribution < -0.4 is 5.32 Å². The Morgan fingerprint density at radius 1 is 1.14 bits per heavy atom. The summed E-state index contributed by atoms with van der Waals surface area (Å²) in [4.78, 5) is 34.3. The lowest BCUT2D eigenvalue weighted by Gasteiger charge is -2.08. The Bertz CT molecular complexity index is 830. The van der Waals surface area contributed by atoms with Gasteiger partial charge in [0.15, 0.2) is 6.61 Å². The summed E-state index contributed by atoms with van der Waals surface area (Å²) < 4.78 is 17.7. The first-order valence-corrected chi connectivity index (χ1v) is 9.19. The van der Waals surface area contributed by atoms with Gasteiger partial charge in [-0.05, 0) is 35.4 Å². The smallest absolute Gasteiger partial charge is 0.310 e. The molecule has 156 valence electrons. The lowest BCUT2D eigenvalue weighted by atomic mass is 10.1. The molecule has 0 radical (unpaired) electrons. The Labute approximate surface area is 178 Å². The molecule has 0 heterocycles. The van der Waals surface area contributed by atoms with E-state index in [2.05, 4.69) is 5.32 Å². The summed E-state index contributed by atoms with van der Waals surface area (Å²) in [7, 11) is 3.38. The Hall–Kier alpha value is -2.64. The highest BCUT2D eigenvalue weighted by molar-refractivity contribution is 6.35. The Kier molecular flexibility index (Phi) is 10.7. The maximum atomic E-state index is 12.8. The van der Waals surface area contributed by atoms with Gasteiger partial charge in [-0.1, -0.05) is 41.4 Å². The highest BCUT2D eigenvalue weighted by Gasteiger charge is 2.11. The van der Waals surface area contributed by atoms with E-state index in [1.165, 1.54) is 23.1 Å². The van der Waals surface area contributed by atoms with E-state index in [1.807, 2.05) is 0 Å². The van der Waals surface area contributed by atoms with Crippen LogP contribution in [-0.2, 0) is 32.1 Å². The standard InChI is InChI=1S/C17H14Cl2FNO3.C3H7NO/c18-13-4-3-12(15(19)8-13)7-17(23)24-10-16(22)21-9-11-1-5-14(20)6-2-11;1-4(2)3-5/h1-6,8H,7,9-10H2,(H,21,22);3H,1-2H3. The van der Waals surface area contributed by atoms with Crippen LogP contribution in [0.4, 0.5) is 4.39 Å². The highest BCUT2D eigenvalue weighted by atomic mass is 35.5. The molecule has 0 aromatic heterocycles. The predicted octanol–water partition coefficient (Wildman–Crippen LogP) is 3.24. The normalized spacial score (nSPS) is 9.69. The van der Waals surface area contributed by atoms with E-state index in [0.29, 0.717) is 15.6 Å². The van der Waals surface area contributed by atoms with Crippen molar-refractivity contribution in [3.63, 3.8) is 0 Å². The van der Waals surface area contributed by atoms with Crippen molar-refractivity contribution in [2.45, 2.75) is 13.0 Å². The van der Waals surface area contributed by atoms with Crippen LogP contribution in [0.1, 0.15) is 11.1 Å². The zero-order valence-electron chi connectivity index (χ0n) is 16.0. The maximum Gasteiger partial charge on any atom is 0.310 e. The number of carbonyl (C=O) groups is 3. The fourth-order valence-corrected chi connectivity index (χ4v) is 2.35. The molecule has 0 bridgehead atoms. The number of nitrogens with zero attached hydrogens (tertiary/aromatic N) is 1. The van der Waals surface area contributed by atoms with Crippen molar-refractivity contribution in [2.24, 2.45) is 0 Å². The lowest BCUT2D eigenvalue weighted by Crippen LogP contribution is -2.28. The molecule has 6 nitrogen and oxygen atoms in total. The van der Waals surface area contributed by atoms with Crippen molar-refractivity contribution in [1.29, 1.82) is 0 Å². The van der Waals surface area contributed by atoms with Gasteiger partial charge in [-0.3, -0.25) is 14.4 Å². The summed E-state index contributed by atoms with van der Waals surface area (Å²) in [5.41, 5.74) is 1.31. The number of hydrogen-bond donors (Lipinski definition) is 1. The first-order chi connectivity index (χ1) is 13.7. The molecule has 2 aromatic rings. The van der Waals surface area contributed by atoms with Crippen LogP contribution >= 0.6 is 23.2 Å². The average molecular weight is 443 g/mol. The van der Waals surface area contributed by atoms with E-state index < -0.39 is 18.5 Å². The van der Waals surface area contributed by atoms with Crippen LogP contribution in [0.25, 0.3) is 0 Å². The van der Waals surface area contributed by atoms with Gasteiger partial charge in [-0.15, -0.1) is 0 Å². The number of hydrogen-bond acceptors (Lipinski definition) is 4. The second-order valence-corrected chi connectivity index (χ2v) is 6.89. The minimum atomic E-state index is -0.573. The topological polar surface area (TPSA) is 75.7 Å². The molecule has 2 amide bonds. The zero-order valence-corrected chi connectivity index (χ0v) is 17.5. The van der Waals surface area contributed by atoms with Crippen LogP contribution in [0.3, 0.4) is 0 Å². The number of nitrogens with one attached hydrogen (secondary N) is 1. The second kappa shape index (κ2) is 12.7. The number of ether oxygens (including phenoxy) is 1. The van der Waals surface area contributed by atoms with Gasteiger partial charge in [0.25, 0.3) is 5.91 Å². The SMILES string of the molecule is CN(C)C=O.O=C(COC(=O)Cc1ccc(Cl)cc1Cl)NCc1ccc(F)cc1. The molecular weight excluding hydrogens is 422 g/mol. The van der Waals surface area contributed by atoms with Crippen LogP contribution in [0.5, 0.6) is 0 Å². The third kappa shape index (κ3) is 10.5. The quantitative estimate of drug-likeness (QED) is 0.527. The van der Waals surface area contributed by atoms with Gasteiger partial charge in [-0.2, -0.15) is 0 Å². The van der Waals surface area contributed by atoms with Crippen LogP contribution in [0.15, 0.2) is 42.5 Å². The Balaban J connectivity index is 0.000000749. The third-order valence-electron chi connectivity index (χ3n) is 3.33. The van der Waals surface area contributed by atoms with E-state index in [1.54, 1.807) is 38.4 Å². The fraction of sp³-hybridized carbons (Fsp3) is 0.250. The van der Waals surface area contributed by atoms with Crippen molar-refractivity contribution in [2.75, 3.05) is 20.7 Å². The summed E-state index contributed by atoms with van der Waals surface area (Å²) in [5.74, 6) is -1.37. The van der Waals surface area contributed by atoms with Gasteiger partial charge in [0, 0.05) is 30.7 Å². The molecule has 0 spiro atoms. The van der Waals surface area contributed by atoms with Gasteiger partial charge >= 0.3 is 5.97 Å². The number of halogens is 3. The summed E-state index contributed by atoms with van der Waals surface area (Å²) in [6.07, 6.45) is 0.696. The predicted molar refractivity (Wildman–Crippen MR) is 109 cm³/mol. The monoisotopic (exact) mass is 442 g/mol. The zero-order chi connectivity index (χ0) is 21.8. The van der Waals surface area contributed by atoms with Gasteiger partial charge in [0.05, 0.1) is 6.42 Å². The van der Waals surface area contributed by atoms with E-state index >= 15 is 0 Å². The third-order valence-corrected chi connectivity index (χ3v) is 3.91. The molecule has 0 fully saturated rings. The Morgan fingerprint density at radius 2 is 1.76 bits per heavy atom. The minimum absolute atomic E-state index is 0.0543. The first-order valence-electron chi connectivity index (χ1n) is 8.43. The molecule has 0 unspecified atom stereocenters. The van der Waals surface area contributed by atoms with Gasteiger partial charge in [0.2, 0.25) is 6.41 Å². The summed E-state index contributed by atoms with van der Waals surface area (Å²) in [6, 6.07) is 10.5. The molecule has 0 aliphatic rings. The van der Waals surface area contributed by atoms with Gasteiger partial charge in [-0.25, -0.2) is 4.39 Å². The summed E-state index contributed by atoms with van der Waals surface area (Å²) in [6.45, 7) is -0.176. The Morgan fingerprint density at radius 3 is 2.31 bits per heavy atom. The molecule has 29 heavy (non-hydrogen) atoms. The van der Waals surface area contributed by atoms with Crippen molar-refractivity contribution in [1.82, 2.24) is 10.2 Å². The molecule has 2 aromatic carbocycles. The number of carbonyl (C=O) groups excluding carboxylic acids is 3. The number of esters is 1. The van der Waals surface area contributed by atoms with Crippen molar-refractivity contribution < 1.29 is 23.5 Å². The van der Waals surface area contributed by atoms with E-state index in [9.17, 15) is 18.8 Å². The summed E-state index contributed by atoms with van der Waals surface area (Å²) in [5, 5.41) is 3.41. The van der Waals surface area contributed by atoms with Crippen LogP contribution in [-0.4, -0.2) is 43.9 Å². The highest BCUT2D eigenvalue weighted by Crippen LogP contribution is 2.21. The molecule has 0 saturated carbocycles. The van der Waals surface area contributed by atoms with E-state index in [4.69, 9.17) is 27.9 Å². The fourth-order valence-electron chi connectivity index (χ4n) is 1.87. The van der Waals surface area contributed by atoms with Gasteiger partial charge < -0.3 is 15.0 Å². The molecule has 0 aliphatic carbocycles. The molecule has 9 heteroatoms. The number of rotatable bonds is 7. The first kappa shape index (κ1) is 24.4. The van der Waals surface area contributed by atoms with Gasteiger partial charge in [0.1, 0.15) is 5.82 Å². The molecule has 1 N–H and O–H groups in total. The average Bonchev–Trinajstić information content (AvgIpc) is 2.68. The number of amides is 2. The van der Waals surface area contributed by atoms with Crippen molar-refractivity contribution >= 4 is 41.5 Å². The lowest BCUT2D eigenvalue weighted by molar-refractivity contribution is -0.147. The molecule has 0 aliphatic heterocycles. The van der Waals surface area contributed by atoms with E-state index in [0.717, 1.165) is 12.0 Å². The minimum Gasteiger partial charge on any atom is -0.455 e. The number of benzene rings is 2. The molecule has 2 rings (SSSR count). The molecular formula is C20H21Cl2FN2O4. The van der Waals surface area contributed by atoms with Crippen LogP contribution in [0, 0.1) is 5.82 Å². The summed E-state index contributed by atoms with van der Waals surface area (Å²) >= 11 is 11.7. The van der Waals surface area contributed by atoms with Crippen molar-refractivity contribution in [3.8, 4) is 0 Å². The van der Waals surface area contributed by atoms with Crippen LogP contribution in [0.2, 0.25) is 10.0 Å². The second-order valence-electron chi connectivity index (χ2n) is 6.05. The largest absolute Gasteiger partial charge is 0.455 e. The van der Waals surface area contributed by atoms with E-state index in [-0.39, 0.29) is 18.8 Å². The van der Waals surface area contributed by atoms with Crippen molar-refractivity contribution in [3.05, 3.63) is 69.5 Å². The maximum absolute atomic E-state index is 12.8. The molecule has 0 saturated heterocycles. The molecule has 0 atom stereocenters.